The minimum Gasteiger partial charge on any atom is -0.505 e. The normalized spacial score (nSPS) is 14.1. The van der Waals surface area contributed by atoms with Crippen molar-refractivity contribution in [3.05, 3.63) is 47.5 Å². The van der Waals surface area contributed by atoms with Gasteiger partial charge < -0.3 is 20.9 Å². The Labute approximate surface area is 215 Å². The highest BCUT2D eigenvalue weighted by molar-refractivity contribution is 7.92. The molecule has 1 unspecified atom stereocenters. The van der Waals surface area contributed by atoms with E-state index in [1.54, 1.807) is 31.4 Å². The Hall–Kier alpha value is -2.78. The van der Waals surface area contributed by atoms with Gasteiger partial charge in [0.15, 0.2) is 0 Å². The summed E-state index contributed by atoms with van der Waals surface area (Å²) in [6, 6.07) is 9.30. The molecular formula is C27H41N3O5S. The summed E-state index contributed by atoms with van der Waals surface area (Å²) < 4.78 is 34.4. The lowest BCUT2D eigenvalue weighted by molar-refractivity contribution is -0.123. The van der Waals surface area contributed by atoms with E-state index in [4.69, 9.17) is 10.5 Å². The van der Waals surface area contributed by atoms with Gasteiger partial charge >= 0.3 is 0 Å². The predicted octanol–water partition coefficient (Wildman–Crippen LogP) is 4.21. The number of benzene rings is 2. The van der Waals surface area contributed by atoms with Crippen LogP contribution in [0.1, 0.15) is 58.1 Å². The van der Waals surface area contributed by atoms with E-state index in [2.05, 4.69) is 10.0 Å². The number of nitrogens with two attached hydrogens (primary N) is 1. The predicted molar refractivity (Wildman–Crippen MR) is 144 cm³/mol. The van der Waals surface area contributed by atoms with Gasteiger partial charge in [0, 0.05) is 6.54 Å². The molecule has 0 aliphatic rings. The average Bonchev–Trinajstić information content (AvgIpc) is 2.86. The Balaban J connectivity index is 2.16. The average molecular weight is 520 g/mol. The largest absolute Gasteiger partial charge is 0.505 e. The number of phenols is 1. The first-order valence-electron chi connectivity index (χ1n) is 12.6. The van der Waals surface area contributed by atoms with Crippen molar-refractivity contribution in [2.75, 3.05) is 18.4 Å². The van der Waals surface area contributed by atoms with Crippen LogP contribution in [0.3, 0.4) is 0 Å². The molecule has 2 rings (SSSR count). The van der Waals surface area contributed by atoms with Crippen LogP contribution in [0.25, 0.3) is 0 Å². The molecule has 0 aliphatic carbocycles. The van der Waals surface area contributed by atoms with Crippen molar-refractivity contribution in [1.29, 1.82) is 0 Å². The van der Waals surface area contributed by atoms with Crippen molar-refractivity contribution >= 4 is 21.6 Å². The first-order valence-corrected chi connectivity index (χ1v) is 14.1. The molecular weight excluding hydrogens is 478 g/mol. The molecule has 0 radical (unpaired) electrons. The van der Waals surface area contributed by atoms with Crippen LogP contribution in [0.15, 0.2) is 41.3 Å². The highest BCUT2D eigenvalue weighted by atomic mass is 32.2. The lowest BCUT2D eigenvalue weighted by atomic mass is 9.97. The number of hydrogen-bond donors (Lipinski definition) is 4. The molecule has 5 N–H and O–H groups in total. The zero-order valence-corrected chi connectivity index (χ0v) is 22.8. The Kier molecular flexibility index (Phi) is 11.0. The molecule has 3 atom stereocenters. The minimum absolute atomic E-state index is 0.00178. The highest BCUT2D eigenvalue weighted by Crippen LogP contribution is 2.32. The van der Waals surface area contributed by atoms with E-state index in [0.29, 0.717) is 36.3 Å². The summed E-state index contributed by atoms with van der Waals surface area (Å²) in [4.78, 5) is 12.4. The highest BCUT2D eigenvalue weighted by Gasteiger charge is 2.23. The van der Waals surface area contributed by atoms with Gasteiger partial charge in [0.2, 0.25) is 5.91 Å². The van der Waals surface area contributed by atoms with Gasteiger partial charge in [-0.05, 0) is 66.5 Å². The second-order valence-corrected chi connectivity index (χ2v) is 11.1. The minimum atomic E-state index is -3.95. The van der Waals surface area contributed by atoms with Crippen LogP contribution in [-0.4, -0.2) is 39.1 Å². The number of unbranched alkanes of at least 4 members (excludes halogenated alkanes) is 1. The standard InChI is InChI=1S/C27H41N3O5S/c1-6-8-10-20-16-22(35-5)13-14-24(20)36(33,34)30-23-12-9-11-21(26(23)31)15-18(3)17-29-27(32)25(28)19(4)7-2/h9,11-14,16,18-19,25,30-31H,6-8,10,15,17,28H2,1-5H3,(H,29,32)/t18?,19-,25+/m0/s1. The molecule has 9 heteroatoms. The number of carbonyl (C=O) groups excluding carboxylic acids is 1. The maximum absolute atomic E-state index is 13.3. The Morgan fingerprint density at radius 1 is 1.14 bits per heavy atom. The number of nitrogens with one attached hydrogen (secondary N) is 2. The van der Waals surface area contributed by atoms with Crippen LogP contribution in [0.4, 0.5) is 5.69 Å². The van der Waals surface area contributed by atoms with Crippen molar-refractivity contribution in [3.8, 4) is 11.5 Å². The molecule has 2 aromatic rings. The van der Waals surface area contributed by atoms with Crippen LogP contribution in [0.2, 0.25) is 0 Å². The van der Waals surface area contributed by atoms with Crippen LogP contribution >= 0.6 is 0 Å². The number of sulfonamides is 1. The summed E-state index contributed by atoms with van der Waals surface area (Å²) in [5, 5.41) is 13.7. The molecule has 1 amide bonds. The summed E-state index contributed by atoms with van der Waals surface area (Å²) in [5.74, 6) is 0.357. The van der Waals surface area contributed by atoms with Gasteiger partial charge in [0.05, 0.1) is 23.7 Å². The Morgan fingerprint density at radius 3 is 2.50 bits per heavy atom. The molecule has 0 aliphatic heterocycles. The van der Waals surface area contributed by atoms with E-state index in [1.165, 1.54) is 12.1 Å². The van der Waals surface area contributed by atoms with Gasteiger partial charge in [-0.2, -0.15) is 0 Å². The van der Waals surface area contributed by atoms with E-state index < -0.39 is 16.1 Å². The topological polar surface area (TPSA) is 131 Å². The van der Waals surface area contributed by atoms with Crippen molar-refractivity contribution in [2.24, 2.45) is 17.6 Å². The van der Waals surface area contributed by atoms with Gasteiger partial charge in [-0.15, -0.1) is 0 Å². The summed E-state index contributed by atoms with van der Waals surface area (Å²) in [6.07, 6.45) is 3.63. The maximum Gasteiger partial charge on any atom is 0.262 e. The second kappa shape index (κ2) is 13.5. The fraction of sp³-hybridized carbons (Fsp3) is 0.519. The third-order valence-corrected chi connectivity index (χ3v) is 7.94. The molecule has 0 fully saturated rings. The molecule has 0 saturated carbocycles. The van der Waals surface area contributed by atoms with Crippen LogP contribution in [0, 0.1) is 11.8 Å². The zero-order valence-electron chi connectivity index (χ0n) is 22.0. The van der Waals surface area contributed by atoms with Crippen molar-refractivity contribution in [1.82, 2.24) is 5.32 Å². The number of hydrogen-bond acceptors (Lipinski definition) is 6. The molecule has 200 valence electrons. The number of carbonyl (C=O) groups is 1. The number of anilines is 1. The van der Waals surface area contributed by atoms with E-state index in [-0.39, 0.29) is 34.1 Å². The third-order valence-electron chi connectivity index (χ3n) is 6.47. The monoisotopic (exact) mass is 519 g/mol. The lowest BCUT2D eigenvalue weighted by Gasteiger charge is -2.20. The number of aromatic hydroxyl groups is 1. The number of para-hydroxylation sites is 1. The molecule has 2 aromatic carbocycles. The van der Waals surface area contributed by atoms with Crippen molar-refractivity contribution in [3.63, 3.8) is 0 Å². The smallest absolute Gasteiger partial charge is 0.262 e. The van der Waals surface area contributed by atoms with Gasteiger partial charge in [-0.25, -0.2) is 8.42 Å². The summed E-state index contributed by atoms with van der Waals surface area (Å²) >= 11 is 0. The van der Waals surface area contributed by atoms with E-state index in [0.717, 1.165) is 19.3 Å². The number of methoxy groups -OCH3 is 1. The fourth-order valence-corrected chi connectivity index (χ4v) is 5.22. The summed E-state index contributed by atoms with van der Waals surface area (Å²) in [5.41, 5.74) is 7.35. The molecule has 8 nitrogen and oxygen atoms in total. The van der Waals surface area contributed by atoms with Crippen LogP contribution < -0.4 is 20.5 Å². The number of rotatable bonds is 14. The fourth-order valence-electron chi connectivity index (χ4n) is 3.90. The molecule has 0 aromatic heterocycles. The Bertz CT molecular complexity index is 1120. The van der Waals surface area contributed by atoms with Gasteiger partial charge in [0.1, 0.15) is 11.5 Å². The molecule has 0 heterocycles. The number of aryl methyl sites for hydroxylation is 1. The molecule has 36 heavy (non-hydrogen) atoms. The number of ether oxygens (including phenoxy) is 1. The SMILES string of the molecule is CCCCc1cc(OC)ccc1S(=O)(=O)Nc1cccc(CC(C)CNC(=O)[C@H](N)[C@@H](C)CC)c1O. The third kappa shape index (κ3) is 7.86. The van der Waals surface area contributed by atoms with Crippen molar-refractivity contribution < 1.29 is 23.1 Å². The molecule has 0 bridgehead atoms. The van der Waals surface area contributed by atoms with Crippen molar-refractivity contribution in [2.45, 2.75) is 70.7 Å². The number of phenolic OH excluding ortho intramolecular Hbond substituents is 1. The first-order chi connectivity index (χ1) is 17.0. The second-order valence-electron chi connectivity index (χ2n) is 9.46. The summed E-state index contributed by atoms with van der Waals surface area (Å²) in [6.45, 7) is 8.32. The quantitative estimate of drug-likeness (QED) is 0.277. The lowest BCUT2D eigenvalue weighted by Crippen LogP contribution is -2.45. The van der Waals surface area contributed by atoms with E-state index in [1.807, 2.05) is 27.7 Å². The van der Waals surface area contributed by atoms with Gasteiger partial charge in [-0.3, -0.25) is 9.52 Å². The molecule has 0 saturated heterocycles. The summed E-state index contributed by atoms with van der Waals surface area (Å²) in [7, 11) is -2.40. The van der Waals surface area contributed by atoms with Gasteiger partial charge in [0.25, 0.3) is 10.0 Å². The van der Waals surface area contributed by atoms with Crippen LogP contribution in [-0.2, 0) is 27.7 Å². The first kappa shape index (κ1) is 29.5. The van der Waals surface area contributed by atoms with E-state index in [9.17, 15) is 18.3 Å². The Morgan fingerprint density at radius 2 is 1.86 bits per heavy atom. The van der Waals surface area contributed by atoms with Gasteiger partial charge in [-0.1, -0.05) is 52.7 Å². The zero-order chi connectivity index (χ0) is 26.9. The van der Waals surface area contributed by atoms with E-state index >= 15 is 0 Å². The maximum atomic E-state index is 13.3. The number of amides is 1. The molecule has 0 spiro atoms. The van der Waals surface area contributed by atoms with Crippen LogP contribution in [0.5, 0.6) is 11.5 Å².